The van der Waals surface area contributed by atoms with E-state index in [0.717, 1.165) is 21.7 Å². The minimum atomic E-state index is -1.01. The Morgan fingerprint density at radius 1 is 1.28 bits per heavy atom. The normalized spacial score (nSPS) is 10.7. The Morgan fingerprint density at radius 3 is 2.28 bits per heavy atom. The number of benzene rings is 1. The topological polar surface area (TPSA) is 50.2 Å². The van der Waals surface area contributed by atoms with E-state index in [2.05, 4.69) is 33.0 Å². The number of aromatic nitrogens is 1. The summed E-state index contributed by atoms with van der Waals surface area (Å²) in [5, 5.41) is 9.77. The molecule has 0 atom stereocenters. The minimum Gasteiger partial charge on any atom is -0.476 e. The Balaban J connectivity index is 2.63. The van der Waals surface area contributed by atoms with Crippen LogP contribution in [-0.2, 0) is 0 Å². The van der Waals surface area contributed by atoms with Crippen molar-refractivity contribution >= 4 is 33.2 Å². The number of thiazole rings is 1. The summed E-state index contributed by atoms with van der Waals surface area (Å²) >= 11 is 4.61. The van der Waals surface area contributed by atoms with Crippen LogP contribution in [0.15, 0.2) is 15.9 Å². The van der Waals surface area contributed by atoms with E-state index in [1.165, 1.54) is 16.9 Å². The van der Waals surface area contributed by atoms with Gasteiger partial charge in [-0.25, -0.2) is 9.78 Å². The molecule has 1 heterocycles. The van der Waals surface area contributed by atoms with Crippen LogP contribution in [0.4, 0.5) is 0 Å². The van der Waals surface area contributed by atoms with E-state index >= 15 is 0 Å². The predicted molar refractivity (Wildman–Crippen MR) is 76.4 cm³/mol. The molecular weight excluding hydrogens is 314 g/mol. The van der Waals surface area contributed by atoms with Gasteiger partial charge in [0.05, 0.1) is 0 Å². The van der Waals surface area contributed by atoms with E-state index in [9.17, 15) is 4.79 Å². The van der Waals surface area contributed by atoms with Gasteiger partial charge >= 0.3 is 5.97 Å². The molecule has 0 aliphatic heterocycles. The third kappa shape index (κ3) is 2.33. The zero-order valence-electron chi connectivity index (χ0n) is 10.2. The first-order valence-corrected chi connectivity index (χ1v) is 6.99. The highest BCUT2D eigenvalue weighted by Gasteiger charge is 2.18. The number of hydrogen-bond donors (Lipinski definition) is 1. The van der Waals surface area contributed by atoms with Gasteiger partial charge in [-0.1, -0.05) is 17.7 Å². The summed E-state index contributed by atoms with van der Waals surface area (Å²) in [7, 11) is 0. The van der Waals surface area contributed by atoms with Crippen molar-refractivity contribution in [2.45, 2.75) is 20.8 Å². The molecule has 2 aromatic rings. The summed E-state index contributed by atoms with van der Waals surface area (Å²) in [6, 6.07) is 4.16. The van der Waals surface area contributed by atoms with E-state index in [0.29, 0.717) is 3.79 Å². The van der Waals surface area contributed by atoms with Crippen molar-refractivity contribution in [3.8, 4) is 10.6 Å². The maximum Gasteiger partial charge on any atom is 0.356 e. The van der Waals surface area contributed by atoms with Crippen LogP contribution in [0.5, 0.6) is 0 Å². The number of hydrogen-bond acceptors (Lipinski definition) is 3. The Morgan fingerprint density at radius 2 is 1.83 bits per heavy atom. The van der Waals surface area contributed by atoms with E-state index in [-0.39, 0.29) is 5.69 Å². The van der Waals surface area contributed by atoms with E-state index in [4.69, 9.17) is 5.11 Å². The van der Waals surface area contributed by atoms with Crippen molar-refractivity contribution in [3.63, 3.8) is 0 Å². The molecule has 0 aliphatic carbocycles. The van der Waals surface area contributed by atoms with Crippen molar-refractivity contribution in [2.24, 2.45) is 0 Å². The van der Waals surface area contributed by atoms with Gasteiger partial charge < -0.3 is 5.11 Å². The van der Waals surface area contributed by atoms with Crippen LogP contribution >= 0.6 is 27.3 Å². The Hall–Kier alpha value is -1.20. The zero-order valence-corrected chi connectivity index (χ0v) is 12.6. The van der Waals surface area contributed by atoms with Crippen LogP contribution in [0.2, 0.25) is 0 Å². The molecule has 0 amide bonds. The summed E-state index contributed by atoms with van der Waals surface area (Å²) in [5.41, 5.74) is 4.53. The molecule has 1 aromatic carbocycles. The second-order valence-electron chi connectivity index (χ2n) is 4.22. The molecule has 0 fully saturated rings. The van der Waals surface area contributed by atoms with Gasteiger partial charge in [0.25, 0.3) is 0 Å². The second kappa shape index (κ2) is 4.82. The Kier molecular flexibility index (Phi) is 3.54. The highest BCUT2D eigenvalue weighted by Crippen LogP contribution is 2.35. The summed E-state index contributed by atoms with van der Waals surface area (Å²) in [4.78, 5) is 15.2. The molecule has 0 aliphatic rings. The lowest BCUT2D eigenvalue weighted by molar-refractivity contribution is 0.0690. The first-order valence-electron chi connectivity index (χ1n) is 5.38. The van der Waals surface area contributed by atoms with Gasteiger partial charge in [-0.15, -0.1) is 11.3 Å². The van der Waals surface area contributed by atoms with Crippen LogP contribution in [0.25, 0.3) is 10.6 Å². The molecule has 0 unspecified atom stereocenters. The number of aromatic carboxylic acids is 1. The number of nitrogens with zero attached hydrogens (tertiary/aromatic N) is 1. The van der Waals surface area contributed by atoms with Crippen molar-refractivity contribution < 1.29 is 9.90 Å². The van der Waals surface area contributed by atoms with Crippen molar-refractivity contribution in [1.82, 2.24) is 4.98 Å². The fourth-order valence-electron chi connectivity index (χ4n) is 2.06. The smallest absolute Gasteiger partial charge is 0.356 e. The van der Waals surface area contributed by atoms with Gasteiger partial charge in [-0.3, -0.25) is 0 Å². The molecule has 0 radical (unpaired) electrons. The number of halogens is 1. The molecule has 2 rings (SSSR count). The molecule has 5 heteroatoms. The van der Waals surface area contributed by atoms with Gasteiger partial charge in [0.2, 0.25) is 0 Å². The lowest BCUT2D eigenvalue weighted by atomic mass is 10.0. The van der Waals surface area contributed by atoms with Crippen LogP contribution in [0.3, 0.4) is 0 Å². The van der Waals surface area contributed by atoms with E-state index in [1.54, 1.807) is 0 Å². The summed E-state index contributed by atoms with van der Waals surface area (Å²) in [6.07, 6.45) is 0. The number of carboxylic acid groups (broad SMARTS) is 1. The van der Waals surface area contributed by atoms with Crippen molar-refractivity contribution in [2.75, 3.05) is 0 Å². The van der Waals surface area contributed by atoms with Gasteiger partial charge in [-0.2, -0.15) is 0 Å². The van der Waals surface area contributed by atoms with Crippen molar-refractivity contribution in [1.29, 1.82) is 0 Å². The van der Waals surface area contributed by atoms with Crippen LogP contribution in [0, 0.1) is 20.8 Å². The average molecular weight is 326 g/mol. The quantitative estimate of drug-likeness (QED) is 0.900. The third-order valence-corrected chi connectivity index (χ3v) is 4.40. The molecule has 0 bridgehead atoms. The zero-order chi connectivity index (χ0) is 13.4. The maximum absolute atomic E-state index is 11.0. The molecule has 1 N–H and O–H groups in total. The highest BCUT2D eigenvalue weighted by atomic mass is 79.9. The number of carbonyl (C=O) groups is 1. The lowest BCUT2D eigenvalue weighted by Crippen LogP contribution is -1.97. The molecule has 18 heavy (non-hydrogen) atoms. The summed E-state index contributed by atoms with van der Waals surface area (Å²) in [5.74, 6) is -1.01. The fraction of sp³-hybridized carbons (Fsp3) is 0.231. The van der Waals surface area contributed by atoms with E-state index in [1.807, 2.05) is 20.8 Å². The summed E-state index contributed by atoms with van der Waals surface area (Å²) in [6.45, 7) is 6.08. The highest BCUT2D eigenvalue weighted by molar-refractivity contribution is 9.11. The molecule has 0 saturated carbocycles. The first-order chi connectivity index (χ1) is 8.40. The second-order valence-corrected chi connectivity index (χ2v) is 6.54. The van der Waals surface area contributed by atoms with Gasteiger partial charge in [0.1, 0.15) is 8.79 Å². The SMILES string of the molecule is Cc1cc(C)c(-c2nc(C(=O)O)c(Br)s2)c(C)c1. The predicted octanol–water partition coefficient (Wildman–Crippen LogP) is 4.20. The maximum atomic E-state index is 11.0. The molecule has 94 valence electrons. The lowest BCUT2D eigenvalue weighted by Gasteiger charge is -2.08. The molecule has 0 spiro atoms. The number of rotatable bonds is 2. The van der Waals surface area contributed by atoms with Gasteiger partial charge in [0, 0.05) is 5.56 Å². The van der Waals surface area contributed by atoms with Gasteiger partial charge in [-0.05, 0) is 47.8 Å². The van der Waals surface area contributed by atoms with Crippen LogP contribution in [0.1, 0.15) is 27.2 Å². The Labute approximate surface area is 118 Å². The third-order valence-electron chi connectivity index (χ3n) is 2.68. The van der Waals surface area contributed by atoms with Crippen LogP contribution < -0.4 is 0 Å². The molecule has 0 saturated heterocycles. The molecule has 1 aromatic heterocycles. The van der Waals surface area contributed by atoms with Crippen molar-refractivity contribution in [3.05, 3.63) is 38.3 Å². The molecule has 3 nitrogen and oxygen atoms in total. The first kappa shape index (κ1) is 13.2. The minimum absolute atomic E-state index is 0.0781. The Bertz CT molecular complexity index is 611. The fourth-order valence-corrected chi connectivity index (χ4v) is 3.74. The standard InChI is InChI=1S/C13H12BrNO2S/c1-6-4-7(2)9(8(3)5-6)12-15-10(13(16)17)11(14)18-12/h4-5H,1-3H3,(H,16,17). The van der Waals surface area contributed by atoms with E-state index < -0.39 is 5.97 Å². The average Bonchev–Trinajstić information content (AvgIpc) is 2.58. The number of carboxylic acids is 1. The molecular formula is C13H12BrNO2S. The number of aryl methyl sites for hydroxylation is 3. The largest absolute Gasteiger partial charge is 0.476 e. The monoisotopic (exact) mass is 325 g/mol. The summed E-state index contributed by atoms with van der Waals surface area (Å²) < 4.78 is 0.560. The van der Waals surface area contributed by atoms with Crippen LogP contribution in [-0.4, -0.2) is 16.1 Å². The van der Waals surface area contributed by atoms with Gasteiger partial charge in [0.15, 0.2) is 5.69 Å².